The van der Waals surface area contributed by atoms with Crippen molar-refractivity contribution in [3.05, 3.63) is 35.9 Å². The molecule has 2 rings (SSSR count). The SMILES string of the molecule is CC(C)(CNC(=O)C1CCCN1Cc1ccccc1)C(=O)O. The third-order valence-corrected chi connectivity index (χ3v) is 4.18. The molecule has 0 bridgehead atoms. The summed E-state index contributed by atoms with van der Waals surface area (Å²) in [6, 6.07) is 9.92. The van der Waals surface area contributed by atoms with Crippen molar-refractivity contribution < 1.29 is 14.7 Å². The number of aliphatic carboxylic acids is 1. The van der Waals surface area contributed by atoms with E-state index in [1.54, 1.807) is 13.8 Å². The number of rotatable bonds is 6. The van der Waals surface area contributed by atoms with E-state index in [2.05, 4.69) is 22.3 Å². The quantitative estimate of drug-likeness (QED) is 0.842. The highest BCUT2D eigenvalue weighted by Gasteiger charge is 2.33. The average molecular weight is 304 g/mol. The fourth-order valence-corrected chi connectivity index (χ4v) is 2.63. The third-order valence-electron chi connectivity index (χ3n) is 4.18. The zero-order valence-electron chi connectivity index (χ0n) is 13.2. The van der Waals surface area contributed by atoms with Gasteiger partial charge in [-0.15, -0.1) is 0 Å². The number of hydrogen-bond acceptors (Lipinski definition) is 3. The van der Waals surface area contributed by atoms with Crippen LogP contribution in [0.4, 0.5) is 0 Å². The Morgan fingerprint density at radius 3 is 2.64 bits per heavy atom. The van der Waals surface area contributed by atoms with Crippen LogP contribution in [0.15, 0.2) is 30.3 Å². The molecule has 22 heavy (non-hydrogen) atoms. The number of benzene rings is 1. The largest absolute Gasteiger partial charge is 0.481 e. The maximum absolute atomic E-state index is 12.4. The van der Waals surface area contributed by atoms with Crippen LogP contribution in [0.25, 0.3) is 0 Å². The van der Waals surface area contributed by atoms with E-state index in [9.17, 15) is 9.59 Å². The number of carboxylic acids is 1. The Morgan fingerprint density at radius 1 is 1.32 bits per heavy atom. The smallest absolute Gasteiger partial charge is 0.310 e. The minimum absolute atomic E-state index is 0.0669. The molecule has 1 aliphatic heterocycles. The summed E-state index contributed by atoms with van der Waals surface area (Å²) < 4.78 is 0. The summed E-state index contributed by atoms with van der Waals surface area (Å²) in [4.78, 5) is 25.6. The Bertz CT molecular complexity index is 528. The van der Waals surface area contributed by atoms with E-state index in [1.165, 1.54) is 5.56 Å². The van der Waals surface area contributed by atoms with Gasteiger partial charge in [-0.05, 0) is 38.8 Å². The maximum atomic E-state index is 12.4. The molecule has 5 nitrogen and oxygen atoms in total. The van der Waals surface area contributed by atoms with Crippen LogP contribution in [0, 0.1) is 5.41 Å². The number of nitrogens with zero attached hydrogens (tertiary/aromatic N) is 1. The van der Waals surface area contributed by atoms with Gasteiger partial charge in [0.15, 0.2) is 0 Å². The molecule has 1 aromatic rings. The Balaban J connectivity index is 1.92. The first-order chi connectivity index (χ1) is 10.4. The van der Waals surface area contributed by atoms with Crippen LogP contribution < -0.4 is 5.32 Å². The summed E-state index contributed by atoms with van der Waals surface area (Å²) in [5.41, 5.74) is 0.242. The molecule has 1 fully saturated rings. The molecular weight excluding hydrogens is 280 g/mol. The fourth-order valence-electron chi connectivity index (χ4n) is 2.63. The van der Waals surface area contributed by atoms with E-state index in [4.69, 9.17) is 5.11 Å². The van der Waals surface area contributed by atoms with E-state index < -0.39 is 11.4 Å². The highest BCUT2D eigenvalue weighted by molar-refractivity contribution is 5.83. The fraction of sp³-hybridized carbons (Fsp3) is 0.529. The number of hydrogen-bond donors (Lipinski definition) is 2. The number of carboxylic acid groups (broad SMARTS) is 1. The summed E-state index contributed by atoms with van der Waals surface area (Å²) in [7, 11) is 0. The summed E-state index contributed by atoms with van der Waals surface area (Å²) in [6.45, 7) is 5.03. The second-order valence-corrected chi connectivity index (χ2v) is 6.52. The molecule has 2 N–H and O–H groups in total. The Hall–Kier alpha value is -1.88. The second-order valence-electron chi connectivity index (χ2n) is 6.52. The molecule has 1 aromatic carbocycles. The molecule has 1 heterocycles. The Kier molecular flexibility index (Phi) is 5.19. The highest BCUT2D eigenvalue weighted by Crippen LogP contribution is 2.21. The molecule has 1 saturated heterocycles. The summed E-state index contributed by atoms with van der Waals surface area (Å²) in [5, 5.41) is 11.9. The van der Waals surface area contributed by atoms with Crippen LogP contribution >= 0.6 is 0 Å². The van der Waals surface area contributed by atoms with Gasteiger partial charge in [-0.2, -0.15) is 0 Å². The first kappa shape index (κ1) is 16.5. The van der Waals surface area contributed by atoms with Crippen molar-refractivity contribution in [3.8, 4) is 0 Å². The molecule has 1 atom stereocenters. The number of carbonyl (C=O) groups is 2. The number of likely N-dealkylation sites (tertiary alicyclic amines) is 1. The van der Waals surface area contributed by atoms with Gasteiger partial charge in [-0.1, -0.05) is 30.3 Å². The van der Waals surface area contributed by atoms with E-state index in [1.807, 2.05) is 18.2 Å². The van der Waals surface area contributed by atoms with E-state index >= 15 is 0 Å². The summed E-state index contributed by atoms with van der Waals surface area (Å²) in [6.07, 6.45) is 1.82. The monoisotopic (exact) mass is 304 g/mol. The van der Waals surface area contributed by atoms with Crippen molar-refractivity contribution in [2.24, 2.45) is 5.41 Å². The van der Waals surface area contributed by atoms with Crippen LogP contribution in [0.5, 0.6) is 0 Å². The van der Waals surface area contributed by atoms with Gasteiger partial charge in [-0.25, -0.2) is 0 Å². The first-order valence-corrected chi connectivity index (χ1v) is 7.69. The second kappa shape index (κ2) is 6.92. The number of carbonyl (C=O) groups excluding carboxylic acids is 1. The molecule has 0 radical (unpaired) electrons. The molecule has 0 aliphatic carbocycles. The van der Waals surface area contributed by atoms with E-state index in [0.717, 1.165) is 25.9 Å². The Morgan fingerprint density at radius 2 is 2.00 bits per heavy atom. The van der Waals surface area contributed by atoms with Gasteiger partial charge in [0.05, 0.1) is 11.5 Å². The predicted molar refractivity (Wildman–Crippen MR) is 84.3 cm³/mol. The molecule has 0 spiro atoms. The molecule has 1 amide bonds. The summed E-state index contributed by atoms with van der Waals surface area (Å²) >= 11 is 0. The average Bonchev–Trinajstić information content (AvgIpc) is 2.94. The predicted octanol–water partition coefficient (Wildman–Crippen LogP) is 1.88. The maximum Gasteiger partial charge on any atom is 0.310 e. The zero-order chi connectivity index (χ0) is 16.2. The molecule has 5 heteroatoms. The molecule has 1 unspecified atom stereocenters. The number of amides is 1. The lowest BCUT2D eigenvalue weighted by Gasteiger charge is -2.26. The molecular formula is C17H24N2O3. The van der Waals surface area contributed by atoms with E-state index in [-0.39, 0.29) is 18.5 Å². The van der Waals surface area contributed by atoms with Gasteiger partial charge in [-0.3, -0.25) is 14.5 Å². The topological polar surface area (TPSA) is 69.6 Å². The third kappa shape index (κ3) is 4.07. The lowest BCUT2D eigenvalue weighted by molar-refractivity contribution is -0.146. The van der Waals surface area contributed by atoms with Crippen molar-refractivity contribution in [2.45, 2.75) is 39.3 Å². The summed E-state index contributed by atoms with van der Waals surface area (Å²) in [5.74, 6) is -0.969. The lowest BCUT2D eigenvalue weighted by atomic mass is 9.94. The van der Waals surface area contributed by atoms with Crippen molar-refractivity contribution in [2.75, 3.05) is 13.1 Å². The number of nitrogens with one attached hydrogen (secondary N) is 1. The van der Waals surface area contributed by atoms with Crippen LogP contribution in [-0.2, 0) is 16.1 Å². The molecule has 0 aromatic heterocycles. The normalized spacial score (nSPS) is 19.1. The van der Waals surface area contributed by atoms with Gasteiger partial charge in [0.2, 0.25) is 5.91 Å². The molecule has 120 valence electrons. The standard InChI is InChI=1S/C17H24N2O3/c1-17(2,16(21)22)12-18-15(20)14-9-6-10-19(14)11-13-7-4-3-5-8-13/h3-5,7-8,14H,6,9-12H2,1-2H3,(H,18,20)(H,21,22). The minimum atomic E-state index is -0.946. The van der Waals surface area contributed by atoms with Crippen molar-refractivity contribution in [3.63, 3.8) is 0 Å². The minimum Gasteiger partial charge on any atom is -0.481 e. The molecule has 0 saturated carbocycles. The molecule has 1 aliphatic rings. The first-order valence-electron chi connectivity index (χ1n) is 7.69. The van der Waals surface area contributed by atoms with Crippen LogP contribution in [0.3, 0.4) is 0 Å². The van der Waals surface area contributed by atoms with Crippen molar-refractivity contribution >= 4 is 11.9 Å². The highest BCUT2D eigenvalue weighted by atomic mass is 16.4. The zero-order valence-corrected chi connectivity index (χ0v) is 13.2. The van der Waals surface area contributed by atoms with Gasteiger partial charge in [0.1, 0.15) is 0 Å². The Labute approximate surface area is 131 Å². The van der Waals surface area contributed by atoms with Crippen molar-refractivity contribution in [1.82, 2.24) is 10.2 Å². The lowest BCUT2D eigenvalue weighted by Crippen LogP contribution is -2.47. The van der Waals surface area contributed by atoms with Crippen LogP contribution in [0.2, 0.25) is 0 Å². The van der Waals surface area contributed by atoms with Crippen LogP contribution in [0.1, 0.15) is 32.3 Å². The van der Waals surface area contributed by atoms with Crippen LogP contribution in [-0.4, -0.2) is 41.0 Å². The van der Waals surface area contributed by atoms with Gasteiger partial charge in [0, 0.05) is 13.1 Å². The van der Waals surface area contributed by atoms with E-state index in [0.29, 0.717) is 0 Å². The van der Waals surface area contributed by atoms with Gasteiger partial charge >= 0.3 is 5.97 Å². The van der Waals surface area contributed by atoms with Gasteiger partial charge < -0.3 is 10.4 Å². The van der Waals surface area contributed by atoms with Crippen molar-refractivity contribution in [1.29, 1.82) is 0 Å². The van der Waals surface area contributed by atoms with Gasteiger partial charge in [0.25, 0.3) is 0 Å².